The van der Waals surface area contributed by atoms with Gasteiger partial charge in [0.05, 0.1) is 11.9 Å². The second-order valence-electron chi connectivity index (χ2n) is 2.65. The first-order valence-corrected chi connectivity index (χ1v) is 3.92. The zero-order chi connectivity index (χ0) is 9.97. The number of hydrogen-bond donors (Lipinski definition) is 2. The van der Waals surface area contributed by atoms with E-state index in [9.17, 15) is 0 Å². The molecular formula is C8H8N6. The molecule has 0 aliphatic heterocycles. The molecule has 0 saturated heterocycles. The number of nitrogens with two attached hydrogens (primary N) is 1. The van der Waals surface area contributed by atoms with E-state index < -0.39 is 0 Å². The normalized spacial score (nSPS) is 10.0. The van der Waals surface area contributed by atoms with Crippen LogP contribution in [0.4, 0.5) is 0 Å². The smallest absolute Gasteiger partial charge is 0.138 e. The van der Waals surface area contributed by atoms with Crippen molar-refractivity contribution in [2.45, 2.75) is 0 Å². The maximum absolute atomic E-state index is 7.37. The van der Waals surface area contributed by atoms with E-state index in [1.807, 2.05) is 0 Å². The molecule has 6 heteroatoms. The first-order chi connectivity index (χ1) is 6.79. The second kappa shape index (κ2) is 3.25. The van der Waals surface area contributed by atoms with E-state index in [1.165, 1.54) is 17.3 Å². The Hall–Kier alpha value is -2.24. The summed E-state index contributed by atoms with van der Waals surface area (Å²) in [6.07, 6.45) is 6.11. The molecule has 6 nitrogen and oxygen atoms in total. The Kier molecular flexibility index (Phi) is 1.94. The predicted molar refractivity (Wildman–Crippen MR) is 50.2 cm³/mol. The lowest BCUT2D eigenvalue weighted by atomic mass is 10.2. The molecule has 0 aliphatic rings. The van der Waals surface area contributed by atoms with Crippen molar-refractivity contribution in [3.05, 3.63) is 36.7 Å². The van der Waals surface area contributed by atoms with E-state index in [0.29, 0.717) is 11.3 Å². The predicted octanol–water partition coefficient (Wildman–Crippen LogP) is -0.0536. The van der Waals surface area contributed by atoms with Crippen LogP contribution in [0.1, 0.15) is 5.56 Å². The van der Waals surface area contributed by atoms with Crippen LogP contribution < -0.4 is 5.73 Å². The first kappa shape index (κ1) is 8.36. The molecular weight excluding hydrogens is 180 g/mol. The molecule has 0 aromatic carbocycles. The van der Waals surface area contributed by atoms with E-state index in [1.54, 1.807) is 18.5 Å². The molecule has 0 bridgehead atoms. The number of rotatable bonds is 2. The molecule has 2 aromatic heterocycles. The Balaban J connectivity index is 2.58. The summed E-state index contributed by atoms with van der Waals surface area (Å²) in [6, 6.07) is 1.67. The number of aromatic nitrogens is 4. The molecule has 0 amide bonds. The molecule has 2 aromatic rings. The van der Waals surface area contributed by atoms with E-state index in [4.69, 9.17) is 11.1 Å². The molecule has 0 saturated carbocycles. The van der Waals surface area contributed by atoms with Crippen LogP contribution in [0.2, 0.25) is 0 Å². The molecule has 0 spiro atoms. The van der Waals surface area contributed by atoms with Gasteiger partial charge >= 0.3 is 0 Å². The average Bonchev–Trinajstić information content (AvgIpc) is 2.70. The summed E-state index contributed by atoms with van der Waals surface area (Å²) >= 11 is 0. The summed E-state index contributed by atoms with van der Waals surface area (Å²) in [5.74, 6) is -0.0158. The van der Waals surface area contributed by atoms with Gasteiger partial charge in [0.15, 0.2) is 0 Å². The largest absolute Gasteiger partial charge is 0.384 e. The highest BCUT2D eigenvalue weighted by molar-refractivity contribution is 5.98. The molecule has 70 valence electrons. The quantitative estimate of drug-likeness (QED) is 0.510. The van der Waals surface area contributed by atoms with Gasteiger partial charge in [-0.1, -0.05) is 0 Å². The highest BCUT2D eigenvalue weighted by Gasteiger charge is 2.06. The summed E-state index contributed by atoms with van der Waals surface area (Å²) in [6.45, 7) is 0. The van der Waals surface area contributed by atoms with Crippen LogP contribution in [-0.4, -0.2) is 25.6 Å². The van der Waals surface area contributed by atoms with Crippen molar-refractivity contribution in [1.82, 2.24) is 19.7 Å². The van der Waals surface area contributed by atoms with Crippen LogP contribution in [0.15, 0.2) is 31.1 Å². The van der Waals surface area contributed by atoms with E-state index >= 15 is 0 Å². The molecule has 3 N–H and O–H groups in total. The fourth-order valence-corrected chi connectivity index (χ4v) is 1.13. The molecule has 2 heterocycles. The zero-order valence-electron chi connectivity index (χ0n) is 7.25. The SMILES string of the molecule is N=C(N)c1ccncc1-n1cncn1. The summed E-state index contributed by atoms with van der Waals surface area (Å²) in [5, 5.41) is 11.3. The van der Waals surface area contributed by atoms with Gasteiger partial charge in [-0.3, -0.25) is 10.4 Å². The third kappa shape index (κ3) is 1.33. The van der Waals surface area contributed by atoms with Crippen LogP contribution in [0.5, 0.6) is 0 Å². The number of nitrogens with zero attached hydrogens (tertiary/aromatic N) is 4. The molecule has 0 aliphatic carbocycles. The minimum Gasteiger partial charge on any atom is -0.384 e. The van der Waals surface area contributed by atoms with Gasteiger partial charge in [0, 0.05) is 11.8 Å². The molecule has 0 radical (unpaired) electrons. The van der Waals surface area contributed by atoms with E-state index in [0.717, 1.165) is 0 Å². The van der Waals surface area contributed by atoms with Crippen LogP contribution in [0, 0.1) is 5.41 Å². The van der Waals surface area contributed by atoms with Crippen molar-refractivity contribution in [3.63, 3.8) is 0 Å². The highest BCUT2D eigenvalue weighted by Crippen LogP contribution is 2.09. The minimum absolute atomic E-state index is 0.0158. The molecule has 2 rings (SSSR count). The topological polar surface area (TPSA) is 93.5 Å². The Morgan fingerprint density at radius 3 is 2.93 bits per heavy atom. The maximum atomic E-state index is 7.37. The zero-order valence-corrected chi connectivity index (χ0v) is 7.25. The number of hydrogen-bond acceptors (Lipinski definition) is 4. The maximum Gasteiger partial charge on any atom is 0.138 e. The summed E-state index contributed by atoms with van der Waals surface area (Å²) < 4.78 is 1.52. The minimum atomic E-state index is -0.0158. The molecule has 0 atom stereocenters. The summed E-state index contributed by atoms with van der Waals surface area (Å²) in [4.78, 5) is 7.75. The van der Waals surface area contributed by atoms with Gasteiger partial charge in [-0.25, -0.2) is 9.67 Å². The van der Waals surface area contributed by atoms with Gasteiger partial charge in [0.1, 0.15) is 18.5 Å². The number of amidine groups is 1. The third-order valence-electron chi connectivity index (χ3n) is 1.76. The van der Waals surface area contributed by atoms with Crippen molar-refractivity contribution >= 4 is 5.84 Å². The lowest BCUT2D eigenvalue weighted by Crippen LogP contribution is -2.15. The average molecular weight is 188 g/mol. The van der Waals surface area contributed by atoms with Crippen LogP contribution >= 0.6 is 0 Å². The lowest BCUT2D eigenvalue weighted by Gasteiger charge is -2.05. The fraction of sp³-hybridized carbons (Fsp3) is 0. The van der Waals surface area contributed by atoms with Gasteiger partial charge < -0.3 is 5.73 Å². The van der Waals surface area contributed by atoms with Crippen LogP contribution in [-0.2, 0) is 0 Å². The lowest BCUT2D eigenvalue weighted by molar-refractivity contribution is 0.869. The summed E-state index contributed by atoms with van der Waals surface area (Å²) in [7, 11) is 0. The third-order valence-corrected chi connectivity index (χ3v) is 1.76. The van der Waals surface area contributed by atoms with Crippen molar-refractivity contribution in [2.24, 2.45) is 5.73 Å². The van der Waals surface area contributed by atoms with Crippen LogP contribution in [0.25, 0.3) is 5.69 Å². The van der Waals surface area contributed by atoms with Gasteiger partial charge in [0.2, 0.25) is 0 Å². The Morgan fingerprint density at radius 1 is 1.43 bits per heavy atom. The fourth-order valence-electron chi connectivity index (χ4n) is 1.13. The van der Waals surface area contributed by atoms with Crippen molar-refractivity contribution in [2.75, 3.05) is 0 Å². The Bertz CT molecular complexity index is 447. The van der Waals surface area contributed by atoms with Crippen molar-refractivity contribution in [1.29, 1.82) is 5.41 Å². The van der Waals surface area contributed by atoms with Crippen LogP contribution in [0.3, 0.4) is 0 Å². The molecule has 14 heavy (non-hydrogen) atoms. The molecule has 0 unspecified atom stereocenters. The van der Waals surface area contributed by atoms with Gasteiger partial charge in [-0.15, -0.1) is 0 Å². The van der Waals surface area contributed by atoms with Crippen molar-refractivity contribution in [3.8, 4) is 5.69 Å². The second-order valence-corrected chi connectivity index (χ2v) is 2.65. The standard InChI is InChI=1S/C8H8N6/c9-8(10)6-1-2-11-3-7(6)14-5-12-4-13-14/h1-5H,(H3,9,10). The van der Waals surface area contributed by atoms with Gasteiger partial charge in [-0.2, -0.15) is 5.10 Å². The molecule has 0 fully saturated rings. The Labute approximate surface area is 79.9 Å². The van der Waals surface area contributed by atoms with Gasteiger partial charge in [0.25, 0.3) is 0 Å². The van der Waals surface area contributed by atoms with Crippen molar-refractivity contribution < 1.29 is 0 Å². The number of pyridine rings is 1. The van der Waals surface area contributed by atoms with Gasteiger partial charge in [-0.05, 0) is 6.07 Å². The first-order valence-electron chi connectivity index (χ1n) is 3.92. The monoisotopic (exact) mass is 188 g/mol. The highest BCUT2D eigenvalue weighted by atomic mass is 15.3. The number of nitrogen functional groups attached to an aromatic ring is 1. The summed E-state index contributed by atoms with van der Waals surface area (Å²) in [5.41, 5.74) is 6.65. The van der Waals surface area contributed by atoms with E-state index in [2.05, 4.69) is 15.1 Å². The van der Waals surface area contributed by atoms with E-state index in [-0.39, 0.29) is 5.84 Å². The number of nitrogens with one attached hydrogen (secondary N) is 1. The Morgan fingerprint density at radius 2 is 2.29 bits per heavy atom.